The number of hydrogen-bond acceptors (Lipinski definition) is 11. The summed E-state index contributed by atoms with van der Waals surface area (Å²) in [5.41, 5.74) is -4.09. The minimum atomic E-state index is -1.47. The zero-order chi connectivity index (χ0) is 28.8. The number of hydrogen-bond donors (Lipinski definition) is 6. The highest BCUT2D eigenvalue weighted by Gasteiger charge is 2.74. The van der Waals surface area contributed by atoms with Gasteiger partial charge in [-0.15, -0.1) is 0 Å². The third-order valence-electron chi connectivity index (χ3n) is 12.1. The van der Waals surface area contributed by atoms with Crippen LogP contribution in [0, 0.1) is 28.6 Å². The molecule has 0 amide bonds. The fourth-order valence-electron chi connectivity index (χ4n) is 9.74. The van der Waals surface area contributed by atoms with E-state index in [-0.39, 0.29) is 44.1 Å². The molecule has 5 fully saturated rings. The summed E-state index contributed by atoms with van der Waals surface area (Å²) in [5.74, 6) is -1.42. The molecule has 0 aromatic carbocycles. The van der Waals surface area contributed by atoms with Crippen molar-refractivity contribution in [2.24, 2.45) is 28.6 Å². The molecule has 11 heteroatoms. The summed E-state index contributed by atoms with van der Waals surface area (Å²) in [6.45, 7) is 3.61. The van der Waals surface area contributed by atoms with E-state index in [9.17, 15) is 40.2 Å². The highest BCUT2D eigenvalue weighted by Crippen LogP contribution is 2.70. The third kappa shape index (κ3) is 3.71. The van der Waals surface area contributed by atoms with Crippen LogP contribution in [0.3, 0.4) is 0 Å². The molecule has 11 nitrogen and oxygen atoms in total. The van der Waals surface area contributed by atoms with Gasteiger partial charge >= 0.3 is 5.97 Å². The van der Waals surface area contributed by atoms with Crippen molar-refractivity contribution in [1.29, 1.82) is 0 Å². The minimum absolute atomic E-state index is 0.0926. The van der Waals surface area contributed by atoms with Gasteiger partial charge in [0, 0.05) is 17.9 Å². The molecule has 0 aromatic rings. The van der Waals surface area contributed by atoms with E-state index in [0.717, 1.165) is 11.9 Å². The van der Waals surface area contributed by atoms with Gasteiger partial charge in [0.05, 0.1) is 34.9 Å². The van der Waals surface area contributed by atoms with E-state index < -0.39 is 76.8 Å². The van der Waals surface area contributed by atoms with Crippen LogP contribution in [-0.4, -0.2) is 104 Å². The fourth-order valence-corrected chi connectivity index (χ4v) is 9.74. The molecular formula is C29H42O11. The molecule has 224 valence electrons. The van der Waals surface area contributed by atoms with E-state index in [1.165, 1.54) is 6.08 Å². The van der Waals surface area contributed by atoms with Gasteiger partial charge in [0.25, 0.3) is 0 Å². The smallest absolute Gasteiger partial charge is 0.331 e. The Kier molecular flexibility index (Phi) is 6.83. The monoisotopic (exact) mass is 566 g/mol. The molecule has 40 heavy (non-hydrogen) atoms. The van der Waals surface area contributed by atoms with Gasteiger partial charge in [-0.3, -0.25) is 0 Å². The van der Waals surface area contributed by atoms with Gasteiger partial charge in [-0.25, -0.2) is 4.79 Å². The summed E-state index contributed by atoms with van der Waals surface area (Å²) in [6, 6.07) is 0. The Morgan fingerprint density at radius 2 is 1.75 bits per heavy atom. The molecule has 4 saturated carbocycles. The SMILES string of the molecule is C[C@H]1O[C@@H](O[C@@H]2CC[C@]3(C=O)[C@H]4C[C@H](O)[C@]5(C)[C@@H](C6=CC(=O)OC6)CC[C@@]5(O)[C@@H]4CC[C@]3(O)C2)[C@@H](O)[C@@H](O)[C@H]1O. The Hall–Kier alpha value is -1.44. The number of ether oxygens (including phenoxy) is 3. The molecule has 6 rings (SSSR count). The molecule has 6 aliphatic rings. The maximum Gasteiger partial charge on any atom is 0.331 e. The van der Waals surface area contributed by atoms with E-state index in [1.807, 2.05) is 6.92 Å². The second-order valence-electron chi connectivity index (χ2n) is 13.5. The van der Waals surface area contributed by atoms with Crippen molar-refractivity contribution in [3.8, 4) is 0 Å². The standard InChI is InChI=1S/C29H42O11/c1-14-22(33)23(34)24(35)25(39-14)40-16-3-6-27(13-30)19-10-20(31)26(2)17(15-9-21(32)38-12-15)5-8-29(26,37)18(19)4-7-28(27,36)11-16/h9,13-14,16-20,22-25,31,33-37H,3-8,10-12H2,1-2H3/t14-,16-,17-,18-,19+,20+,22+,23+,24+,25+,26+,27+,28+,29-/m1/s1. The van der Waals surface area contributed by atoms with E-state index in [4.69, 9.17) is 14.2 Å². The van der Waals surface area contributed by atoms with Crippen LogP contribution in [0.2, 0.25) is 0 Å². The lowest BCUT2D eigenvalue weighted by Gasteiger charge is -2.66. The zero-order valence-electron chi connectivity index (χ0n) is 23.0. The number of aliphatic hydroxyl groups is 6. The molecule has 4 aliphatic carbocycles. The lowest BCUT2D eigenvalue weighted by atomic mass is 9.41. The van der Waals surface area contributed by atoms with Crippen LogP contribution in [0.15, 0.2) is 11.6 Å². The van der Waals surface area contributed by atoms with E-state index in [2.05, 4.69) is 0 Å². The number of aliphatic hydroxyl groups excluding tert-OH is 4. The minimum Gasteiger partial charge on any atom is -0.458 e. The quantitative estimate of drug-likeness (QED) is 0.149. The summed E-state index contributed by atoms with van der Waals surface area (Å²) in [7, 11) is 0. The first-order valence-electron chi connectivity index (χ1n) is 14.6. The second-order valence-corrected chi connectivity index (χ2v) is 13.5. The van der Waals surface area contributed by atoms with Crippen molar-refractivity contribution < 1.29 is 54.4 Å². The Labute approximate surface area is 233 Å². The lowest BCUT2D eigenvalue weighted by molar-refractivity contribution is -0.319. The van der Waals surface area contributed by atoms with Gasteiger partial charge in [0.15, 0.2) is 6.29 Å². The molecule has 2 aliphatic heterocycles. The molecule has 14 atom stereocenters. The van der Waals surface area contributed by atoms with Gasteiger partial charge in [-0.05, 0) is 75.2 Å². The maximum absolute atomic E-state index is 13.0. The molecule has 0 bridgehead atoms. The number of fused-ring (bicyclic) bond motifs is 5. The van der Waals surface area contributed by atoms with Crippen molar-refractivity contribution in [1.82, 2.24) is 0 Å². The van der Waals surface area contributed by atoms with Crippen molar-refractivity contribution in [3.05, 3.63) is 11.6 Å². The number of esters is 1. The van der Waals surface area contributed by atoms with Gasteiger partial charge < -0.3 is 49.6 Å². The molecule has 0 unspecified atom stereocenters. The molecule has 1 saturated heterocycles. The number of carbonyl (C=O) groups excluding carboxylic acids is 2. The molecule has 0 radical (unpaired) electrons. The number of rotatable bonds is 4. The first-order valence-corrected chi connectivity index (χ1v) is 14.6. The first kappa shape index (κ1) is 28.7. The van der Waals surface area contributed by atoms with Gasteiger partial charge in [0.1, 0.15) is 31.2 Å². The largest absolute Gasteiger partial charge is 0.458 e. The topological polar surface area (TPSA) is 183 Å². The first-order chi connectivity index (χ1) is 18.8. The summed E-state index contributed by atoms with van der Waals surface area (Å²) in [5, 5.41) is 66.7. The normalized spacial score (nSPS) is 56.0. The number of aldehydes is 1. The fraction of sp³-hybridized carbons (Fsp3) is 0.862. The Bertz CT molecular complexity index is 1080. The zero-order valence-corrected chi connectivity index (χ0v) is 23.0. The van der Waals surface area contributed by atoms with Crippen LogP contribution in [0.5, 0.6) is 0 Å². The summed E-state index contributed by atoms with van der Waals surface area (Å²) in [4.78, 5) is 24.8. The van der Waals surface area contributed by atoms with Crippen LogP contribution >= 0.6 is 0 Å². The lowest BCUT2D eigenvalue weighted by Crippen LogP contribution is -2.71. The average molecular weight is 567 g/mol. The van der Waals surface area contributed by atoms with E-state index >= 15 is 0 Å². The highest BCUT2D eigenvalue weighted by atomic mass is 16.7. The van der Waals surface area contributed by atoms with Crippen molar-refractivity contribution in [2.45, 2.75) is 119 Å². The van der Waals surface area contributed by atoms with Crippen LogP contribution in [-0.2, 0) is 23.8 Å². The van der Waals surface area contributed by atoms with Crippen molar-refractivity contribution in [2.75, 3.05) is 6.61 Å². The Balaban J connectivity index is 1.25. The molecule has 0 aromatic heterocycles. The predicted octanol–water partition coefficient (Wildman–Crippen LogP) is -0.279. The number of carbonyl (C=O) groups is 2. The second kappa shape index (κ2) is 9.54. The van der Waals surface area contributed by atoms with Crippen LogP contribution in [0.4, 0.5) is 0 Å². The van der Waals surface area contributed by atoms with Crippen molar-refractivity contribution >= 4 is 12.3 Å². The van der Waals surface area contributed by atoms with Gasteiger partial charge in [-0.2, -0.15) is 0 Å². The number of cyclic esters (lactones) is 1. The van der Waals surface area contributed by atoms with Crippen LogP contribution in [0.1, 0.15) is 65.2 Å². The molecule has 6 N–H and O–H groups in total. The predicted molar refractivity (Wildman–Crippen MR) is 136 cm³/mol. The average Bonchev–Trinajstić information content (AvgIpc) is 3.46. The van der Waals surface area contributed by atoms with Crippen LogP contribution < -0.4 is 0 Å². The summed E-state index contributed by atoms with van der Waals surface area (Å²) in [6.07, 6.45) is -2.70. The molecule has 0 spiro atoms. The molecule has 2 heterocycles. The third-order valence-corrected chi connectivity index (χ3v) is 12.1. The van der Waals surface area contributed by atoms with E-state index in [1.54, 1.807) is 6.92 Å². The van der Waals surface area contributed by atoms with E-state index in [0.29, 0.717) is 25.7 Å². The highest BCUT2D eigenvalue weighted by molar-refractivity contribution is 5.85. The van der Waals surface area contributed by atoms with Crippen LogP contribution in [0.25, 0.3) is 0 Å². The molecular weight excluding hydrogens is 524 g/mol. The van der Waals surface area contributed by atoms with Crippen molar-refractivity contribution in [3.63, 3.8) is 0 Å². The van der Waals surface area contributed by atoms with Gasteiger partial charge in [0.2, 0.25) is 0 Å². The summed E-state index contributed by atoms with van der Waals surface area (Å²) < 4.78 is 16.8. The Morgan fingerprint density at radius 3 is 2.42 bits per heavy atom. The van der Waals surface area contributed by atoms with Gasteiger partial charge in [-0.1, -0.05) is 6.92 Å². The maximum atomic E-state index is 13.0. The summed E-state index contributed by atoms with van der Waals surface area (Å²) >= 11 is 0. The Morgan fingerprint density at radius 1 is 1.00 bits per heavy atom.